The highest BCUT2D eigenvalue weighted by molar-refractivity contribution is 6.84. The molecule has 0 spiro atoms. The molecule has 0 radical (unpaired) electrons. The van der Waals surface area contributed by atoms with Crippen LogP contribution in [0.25, 0.3) is 0 Å². The van der Waals surface area contributed by atoms with Crippen LogP contribution in [-0.4, -0.2) is 16.1 Å². The van der Waals surface area contributed by atoms with Crippen LogP contribution in [-0.2, 0) is 0 Å². The highest BCUT2D eigenvalue weighted by atomic mass is 28.3. The zero-order chi connectivity index (χ0) is 12.1. The Morgan fingerprint density at radius 2 is 1.40 bits per heavy atom. The van der Waals surface area contributed by atoms with Gasteiger partial charge in [0, 0.05) is 14.0 Å². The van der Waals surface area contributed by atoms with E-state index < -0.39 is 16.1 Å². The number of hydrogen-bond donors (Lipinski definition) is 0. The maximum atomic E-state index is 3.59. The third kappa shape index (κ3) is 2.98. The first kappa shape index (κ1) is 13.1. The second-order valence-corrected chi connectivity index (χ2v) is 17.8. The van der Waals surface area contributed by atoms with Gasteiger partial charge in [-0.25, -0.2) is 0 Å². The van der Waals surface area contributed by atoms with Crippen molar-refractivity contribution < 1.29 is 0 Å². The summed E-state index contributed by atoms with van der Waals surface area (Å²) in [5, 5.41) is 0. The lowest BCUT2D eigenvalue weighted by molar-refractivity contribution is 0.614. The Hall–Kier alpha value is -0.00623. The van der Waals surface area contributed by atoms with Crippen LogP contribution in [0.3, 0.4) is 0 Å². The van der Waals surface area contributed by atoms with Crippen LogP contribution in [0.4, 0.5) is 0 Å². The summed E-state index contributed by atoms with van der Waals surface area (Å²) in [6.45, 7) is 19.2. The Morgan fingerprint density at radius 3 is 1.67 bits per heavy atom. The zero-order valence-corrected chi connectivity index (χ0v) is 13.7. The van der Waals surface area contributed by atoms with Crippen LogP contribution in [0, 0.1) is 22.8 Å². The van der Waals surface area contributed by atoms with Gasteiger partial charge in [-0.3, -0.25) is 0 Å². The van der Waals surface area contributed by atoms with Gasteiger partial charge in [-0.15, -0.1) is 11.5 Å². The van der Waals surface area contributed by atoms with Crippen molar-refractivity contribution in [2.24, 2.45) is 11.3 Å². The predicted octanol–water partition coefficient (Wildman–Crippen LogP) is 4.23. The van der Waals surface area contributed by atoms with Crippen molar-refractivity contribution in [3.63, 3.8) is 0 Å². The van der Waals surface area contributed by atoms with Crippen LogP contribution in [0.2, 0.25) is 44.8 Å². The first-order chi connectivity index (χ1) is 6.46. The van der Waals surface area contributed by atoms with Crippen LogP contribution in [0.1, 0.15) is 13.8 Å². The minimum absolute atomic E-state index is 0.497. The molecule has 1 unspecified atom stereocenters. The molecule has 0 bridgehead atoms. The lowest BCUT2D eigenvalue weighted by atomic mass is 10.1. The third-order valence-electron chi connectivity index (χ3n) is 3.36. The summed E-state index contributed by atoms with van der Waals surface area (Å²) in [5.74, 6) is 4.28. The normalized spacial score (nSPS) is 29.3. The molecule has 1 aliphatic carbocycles. The molecule has 2 heteroatoms. The topological polar surface area (TPSA) is 0 Å². The molecule has 0 nitrogen and oxygen atoms in total. The number of hydrogen-bond acceptors (Lipinski definition) is 0. The van der Waals surface area contributed by atoms with Crippen molar-refractivity contribution in [3.8, 4) is 11.5 Å². The highest BCUT2D eigenvalue weighted by Gasteiger charge is 2.62. The van der Waals surface area contributed by atoms with Gasteiger partial charge in [0.1, 0.15) is 8.07 Å². The van der Waals surface area contributed by atoms with Gasteiger partial charge in [-0.2, -0.15) is 0 Å². The Morgan fingerprint density at radius 1 is 0.933 bits per heavy atom. The molecule has 1 fully saturated rings. The fourth-order valence-corrected chi connectivity index (χ4v) is 7.23. The molecule has 15 heavy (non-hydrogen) atoms. The summed E-state index contributed by atoms with van der Waals surface area (Å²) in [4.78, 5) is 0. The SMILES string of the molecule is CC1(C)C(C#C[Si](C)(C)C)[C@H]1[Si](C)(C)C. The Bertz CT molecular complexity index is 304. The van der Waals surface area contributed by atoms with Gasteiger partial charge in [0.15, 0.2) is 0 Å². The molecule has 0 aromatic rings. The molecule has 0 saturated heterocycles. The Kier molecular flexibility index (Phi) is 3.04. The fourth-order valence-electron chi connectivity index (χ4n) is 2.82. The summed E-state index contributed by atoms with van der Waals surface area (Å²) in [6.07, 6.45) is 0. The quantitative estimate of drug-likeness (QED) is 0.474. The molecule has 0 aromatic carbocycles. The second-order valence-electron chi connectivity index (χ2n) is 7.66. The van der Waals surface area contributed by atoms with Gasteiger partial charge in [0.25, 0.3) is 0 Å². The van der Waals surface area contributed by atoms with Gasteiger partial charge in [-0.05, 0) is 11.0 Å². The summed E-state index contributed by atoms with van der Waals surface area (Å²) < 4.78 is 0. The smallest absolute Gasteiger partial charge is 0.129 e. The van der Waals surface area contributed by atoms with E-state index in [-0.39, 0.29) is 0 Å². The van der Waals surface area contributed by atoms with E-state index in [1.807, 2.05) is 0 Å². The second kappa shape index (κ2) is 3.50. The molecule has 86 valence electrons. The summed E-state index contributed by atoms with van der Waals surface area (Å²) >= 11 is 0. The lowest BCUT2D eigenvalue weighted by Crippen LogP contribution is -2.22. The molecule has 0 aromatic heterocycles. The fraction of sp³-hybridized carbons (Fsp3) is 0.846. The lowest BCUT2D eigenvalue weighted by Gasteiger charge is -2.17. The Balaban J connectivity index is 2.80. The number of rotatable bonds is 1. The maximum Gasteiger partial charge on any atom is 0.129 e. The van der Waals surface area contributed by atoms with E-state index in [1.54, 1.807) is 0 Å². The van der Waals surface area contributed by atoms with E-state index in [0.717, 1.165) is 5.54 Å². The Labute approximate surface area is 97.9 Å². The van der Waals surface area contributed by atoms with Gasteiger partial charge in [0.2, 0.25) is 0 Å². The van der Waals surface area contributed by atoms with Crippen molar-refractivity contribution >= 4 is 16.1 Å². The zero-order valence-electron chi connectivity index (χ0n) is 11.7. The molecule has 0 heterocycles. The first-order valence-electron chi connectivity index (χ1n) is 5.99. The van der Waals surface area contributed by atoms with E-state index in [4.69, 9.17) is 0 Å². The molecular formula is C13H26Si2. The van der Waals surface area contributed by atoms with Gasteiger partial charge >= 0.3 is 0 Å². The van der Waals surface area contributed by atoms with Crippen molar-refractivity contribution in [1.82, 2.24) is 0 Å². The predicted molar refractivity (Wildman–Crippen MR) is 75.5 cm³/mol. The molecular weight excluding hydrogens is 212 g/mol. The minimum atomic E-state index is -1.18. The van der Waals surface area contributed by atoms with Crippen LogP contribution < -0.4 is 0 Å². The average Bonchev–Trinajstić information content (AvgIpc) is 2.46. The first-order valence-corrected chi connectivity index (χ1v) is 13.1. The van der Waals surface area contributed by atoms with Gasteiger partial charge in [0.05, 0.1) is 0 Å². The molecule has 1 rings (SSSR count). The largest absolute Gasteiger partial charge is 0.132 e. The van der Waals surface area contributed by atoms with E-state index in [2.05, 4.69) is 64.6 Å². The van der Waals surface area contributed by atoms with Crippen LogP contribution >= 0.6 is 0 Å². The van der Waals surface area contributed by atoms with Crippen LogP contribution in [0.5, 0.6) is 0 Å². The highest BCUT2D eigenvalue weighted by Crippen LogP contribution is 2.67. The minimum Gasteiger partial charge on any atom is -0.132 e. The van der Waals surface area contributed by atoms with Gasteiger partial charge < -0.3 is 0 Å². The maximum absolute atomic E-state index is 3.59. The average molecular weight is 239 g/mol. The molecule has 2 atom stereocenters. The third-order valence-corrected chi connectivity index (χ3v) is 7.20. The molecule has 1 saturated carbocycles. The van der Waals surface area contributed by atoms with E-state index in [1.165, 1.54) is 0 Å². The molecule has 1 aliphatic rings. The van der Waals surface area contributed by atoms with E-state index in [0.29, 0.717) is 11.3 Å². The van der Waals surface area contributed by atoms with Crippen molar-refractivity contribution in [2.45, 2.75) is 58.7 Å². The van der Waals surface area contributed by atoms with Crippen molar-refractivity contribution in [1.29, 1.82) is 0 Å². The van der Waals surface area contributed by atoms with E-state index >= 15 is 0 Å². The standard InChI is InChI=1S/C13H26Si2/c1-13(2)11(9-10-14(3,4)5)12(13)15(6,7)8/h11-12H,1-8H3/t11?,12-/m1/s1. The van der Waals surface area contributed by atoms with Crippen LogP contribution in [0.15, 0.2) is 0 Å². The monoisotopic (exact) mass is 238 g/mol. The molecule has 0 aliphatic heterocycles. The summed E-state index contributed by atoms with van der Waals surface area (Å²) in [6, 6.07) is 0. The molecule has 0 N–H and O–H groups in total. The summed E-state index contributed by atoms with van der Waals surface area (Å²) in [5.41, 5.74) is 4.96. The van der Waals surface area contributed by atoms with Crippen molar-refractivity contribution in [3.05, 3.63) is 0 Å². The van der Waals surface area contributed by atoms with Crippen molar-refractivity contribution in [2.75, 3.05) is 0 Å². The van der Waals surface area contributed by atoms with Gasteiger partial charge in [-0.1, -0.05) is 53.1 Å². The molecule has 0 amide bonds. The van der Waals surface area contributed by atoms with E-state index in [9.17, 15) is 0 Å². The summed E-state index contributed by atoms with van der Waals surface area (Å²) in [7, 11) is -2.18.